The number of phenols is 2. The van der Waals surface area contributed by atoms with Gasteiger partial charge >= 0.3 is 5.51 Å². The van der Waals surface area contributed by atoms with Crippen molar-refractivity contribution in [1.82, 2.24) is 0 Å². The predicted molar refractivity (Wildman–Crippen MR) is 182 cm³/mol. The zero-order chi connectivity index (χ0) is 33.8. The van der Waals surface area contributed by atoms with Gasteiger partial charge in [-0.1, -0.05) is 72.8 Å². The molecule has 1 aromatic heterocycles. The van der Waals surface area contributed by atoms with Gasteiger partial charge in [0.25, 0.3) is 0 Å². The minimum atomic E-state index is -6.09. The molecule has 0 saturated carbocycles. The summed E-state index contributed by atoms with van der Waals surface area (Å²) < 4.78 is 61.6. The van der Waals surface area contributed by atoms with Crippen LogP contribution >= 0.6 is 10.5 Å². The number of phenolic OH excluding ortho intramolecular Hbond substituents is 2. The van der Waals surface area contributed by atoms with Gasteiger partial charge < -0.3 is 14.8 Å². The maximum atomic E-state index is 10.7. The number of alkyl halides is 3. The molecular formula is C38H25F3O5S2. The summed E-state index contributed by atoms with van der Waals surface area (Å²) in [6, 6.07) is 48.4. The van der Waals surface area contributed by atoms with Gasteiger partial charge in [-0.2, -0.15) is 13.2 Å². The Bertz CT molecular complexity index is 2330. The number of hydrogen-bond acceptors (Lipinski definition) is 5. The Morgan fingerprint density at radius 2 is 1.02 bits per heavy atom. The van der Waals surface area contributed by atoms with E-state index in [4.69, 9.17) is 13.0 Å². The van der Waals surface area contributed by atoms with E-state index in [0.29, 0.717) is 0 Å². The van der Waals surface area contributed by atoms with Gasteiger partial charge in [0, 0.05) is 27.3 Å². The van der Waals surface area contributed by atoms with Crippen LogP contribution in [0, 0.1) is 0 Å². The summed E-state index contributed by atoms with van der Waals surface area (Å²) >= 11 is 0. The second kappa shape index (κ2) is 11.5. The van der Waals surface area contributed by atoms with Gasteiger partial charge in [0.2, 0.25) is 0 Å². The quantitative estimate of drug-likeness (QED) is 0.110. The highest BCUT2D eigenvalue weighted by molar-refractivity contribution is 7.86. The molecule has 2 N–H and O–H groups in total. The van der Waals surface area contributed by atoms with Crippen LogP contribution in [0.1, 0.15) is 22.3 Å². The van der Waals surface area contributed by atoms with Crippen molar-refractivity contribution in [3.05, 3.63) is 162 Å². The highest BCUT2D eigenvalue weighted by atomic mass is 32.2. The standard InChI is InChI=1S/C37H24O2S.CHF3O3S/c38-26-17-13-24(14-18-26)37(25-15-19-27(39)20-16-25)33-10-4-1-7-29(33)30-22-21-28(23-34(30)37)40-35-11-5-2-8-31(35)32-9-3-6-12-36(32)40;2-1(3,4)8(5,6)7/h1-23H,(H-,38,39);(H,5,6,7). The number of halogens is 3. The average Bonchev–Trinajstić information content (AvgIpc) is 3.56. The van der Waals surface area contributed by atoms with Crippen LogP contribution in [0.25, 0.3) is 36.2 Å². The summed E-state index contributed by atoms with van der Waals surface area (Å²) in [5.41, 5.74) is 0.750. The molecule has 0 atom stereocenters. The van der Waals surface area contributed by atoms with Crippen LogP contribution in [0.5, 0.6) is 11.5 Å². The average molecular weight is 683 g/mol. The number of thiophene rings is 1. The molecule has 0 bridgehead atoms. The predicted octanol–water partition coefficient (Wildman–Crippen LogP) is 9.56. The second-order valence-corrected chi connectivity index (χ2v) is 14.6. The molecular weight excluding hydrogens is 658 g/mol. The van der Waals surface area contributed by atoms with Crippen molar-refractivity contribution in [2.24, 2.45) is 0 Å². The lowest BCUT2D eigenvalue weighted by atomic mass is 9.67. The maximum Gasteiger partial charge on any atom is 0.485 e. The molecule has 1 aliphatic carbocycles. The number of hydrogen-bond donors (Lipinski definition) is 2. The summed E-state index contributed by atoms with van der Waals surface area (Å²) in [7, 11) is -6.32. The van der Waals surface area contributed by atoms with Crippen LogP contribution in [-0.4, -0.2) is 28.7 Å². The van der Waals surface area contributed by atoms with Crippen LogP contribution in [-0.2, 0) is 15.5 Å². The molecule has 8 rings (SSSR count). The molecule has 6 aromatic carbocycles. The molecule has 0 aliphatic heterocycles. The number of fused-ring (bicyclic) bond motifs is 6. The van der Waals surface area contributed by atoms with Crippen molar-refractivity contribution >= 4 is 40.8 Å². The van der Waals surface area contributed by atoms with E-state index >= 15 is 0 Å². The van der Waals surface area contributed by atoms with E-state index in [1.807, 2.05) is 24.3 Å². The van der Waals surface area contributed by atoms with Crippen LogP contribution in [0.2, 0.25) is 0 Å². The molecule has 0 unspecified atom stereocenters. The molecule has 7 aromatic rings. The first-order valence-electron chi connectivity index (χ1n) is 14.7. The van der Waals surface area contributed by atoms with E-state index in [0.717, 1.165) is 11.1 Å². The molecule has 10 heteroatoms. The third kappa shape index (κ3) is 5.00. The Morgan fingerprint density at radius 1 is 0.583 bits per heavy atom. The minimum absolute atomic E-state index is 0.232. The molecule has 1 aliphatic rings. The fraction of sp³-hybridized carbons (Fsp3) is 0.0526. The summed E-state index contributed by atoms with van der Waals surface area (Å²) in [6.07, 6.45) is 0. The monoisotopic (exact) mass is 682 g/mol. The maximum absolute atomic E-state index is 10.7. The third-order valence-electron chi connectivity index (χ3n) is 8.64. The third-order valence-corrected chi connectivity index (χ3v) is 11.5. The van der Waals surface area contributed by atoms with E-state index < -0.39 is 21.0 Å². The molecule has 0 saturated heterocycles. The Kier molecular flexibility index (Phi) is 7.54. The second-order valence-electron chi connectivity index (χ2n) is 11.3. The molecule has 0 fully saturated rings. The summed E-state index contributed by atoms with van der Waals surface area (Å²) in [4.78, 5) is 1.28. The molecule has 48 heavy (non-hydrogen) atoms. The summed E-state index contributed by atoms with van der Waals surface area (Å²) in [6.45, 7) is 0. The first-order valence-corrected chi connectivity index (χ1v) is 17.3. The highest BCUT2D eigenvalue weighted by Gasteiger charge is 2.47. The Labute approximate surface area is 276 Å². The number of aromatic hydroxyl groups is 2. The van der Waals surface area contributed by atoms with Crippen LogP contribution in [0.15, 0.2) is 140 Å². The van der Waals surface area contributed by atoms with E-state index in [1.165, 1.54) is 47.3 Å². The first kappa shape index (κ1) is 31.4. The molecule has 240 valence electrons. The fourth-order valence-electron chi connectivity index (χ4n) is 6.70. The Hall–Kier alpha value is -5.16. The van der Waals surface area contributed by atoms with Gasteiger partial charge in [0.1, 0.15) is 11.5 Å². The highest BCUT2D eigenvalue weighted by Crippen LogP contribution is 2.58. The molecule has 0 amide bonds. The van der Waals surface area contributed by atoms with Gasteiger partial charge in [-0.05, 0) is 94.0 Å². The molecule has 1 heterocycles. The zero-order valence-corrected chi connectivity index (χ0v) is 26.5. The van der Waals surface area contributed by atoms with Gasteiger partial charge in [-0.25, -0.2) is 8.42 Å². The van der Waals surface area contributed by atoms with Crippen molar-refractivity contribution in [2.75, 3.05) is 0 Å². The first-order chi connectivity index (χ1) is 22.9. The normalized spacial score (nSPS) is 13.5. The number of benzene rings is 6. The van der Waals surface area contributed by atoms with E-state index in [-0.39, 0.29) is 22.0 Å². The van der Waals surface area contributed by atoms with Crippen molar-refractivity contribution in [3.8, 4) is 27.5 Å². The summed E-state index contributed by atoms with van der Waals surface area (Å²) in [5, 5.41) is 23.1. The van der Waals surface area contributed by atoms with Gasteiger partial charge in [0.05, 0.1) is 5.41 Å². The lowest BCUT2D eigenvalue weighted by Crippen LogP contribution is -2.28. The van der Waals surface area contributed by atoms with E-state index in [1.54, 1.807) is 24.3 Å². The zero-order valence-electron chi connectivity index (χ0n) is 24.8. The van der Waals surface area contributed by atoms with Crippen molar-refractivity contribution in [2.45, 2.75) is 10.9 Å². The SMILES string of the molecule is O=S(=O)([O-])C(F)(F)F.Oc1ccc(C2(c3ccc(O)cc3)c3ccccc3-c3ccc(-[s+]4c5ccccc5c5ccccc54)cc32)cc1. The van der Waals surface area contributed by atoms with Crippen LogP contribution in [0.4, 0.5) is 13.2 Å². The molecule has 0 spiro atoms. The number of rotatable bonds is 3. The van der Waals surface area contributed by atoms with E-state index in [2.05, 4.69) is 91.0 Å². The molecule has 5 nitrogen and oxygen atoms in total. The van der Waals surface area contributed by atoms with Crippen LogP contribution in [0.3, 0.4) is 0 Å². The van der Waals surface area contributed by atoms with Gasteiger partial charge in [0.15, 0.2) is 24.4 Å². The van der Waals surface area contributed by atoms with Gasteiger partial charge in [-0.3, -0.25) is 0 Å². The minimum Gasteiger partial charge on any atom is -0.741 e. The Balaban J connectivity index is 0.000000408. The topological polar surface area (TPSA) is 97.7 Å². The molecule has 0 radical (unpaired) electrons. The fourth-order valence-corrected chi connectivity index (χ4v) is 9.11. The van der Waals surface area contributed by atoms with E-state index in [9.17, 15) is 23.4 Å². The summed E-state index contributed by atoms with van der Waals surface area (Å²) in [5.74, 6) is 0.482. The lowest BCUT2D eigenvalue weighted by molar-refractivity contribution is -0.0517. The van der Waals surface area contributed by atoms with Gasteiger partial charge in [-0.15, -0.1) is 0 Å². The van der Waals surface area contributed by atoms with Crippen molar-refractivity contribution in [3.63, 3.8) is 0 Å². The van der Waals surface area contributed by atoms with Crippen molar-refractivity contribution < 1.29 is 36.4 Å². The lowest BCUT2D eigenvalue weighted by Gasteiger charge is -2.33. The smallest absolute Gasteiger partial charge is 0.485 e. The largest absolute Gasteiger partial charge is 0.741 e. The van der Waals surface area contributed by atoms with Crippen molar-refractivity contribution in [1.29, 1.82) is 0 Å². The Morgan fingerprint density at radius 3 is 1.52 bits per heavy atom. The van der Waals surface area contributed by atoms with Crippen LogP contribution < -0.4 is 0 Å².